The highest BCUT2D eigenvalue weighted by molar-refractivity contribution is 9.10. The summed E-state index contributed by atoms with van der Waals surface area (Å²) in [5, 5.41) is 11.9. The second-order valence-electron chi connectivity index (χ2n) is 5.48. The average Bonchev–Trinajstić information content (AvgIpc) is 3.26. The molecule has 6 nitrogen and oxygen atoms in total. The molecule has 0 atom stereocenters. The van der Waals surface area contributed by atoms with Crippen molar-refractivity contribution in [1.82, 2.24) is 14.8 Å². The second kappa shape index (κ2) is 8.37. The molecule has 0 bridgehead atoms. The predicted molar refractivity (Wildman–Crippen MR) is 106 cm³/mol. The smallest absolute Gasteiger partial charge is 0.234 e. The third-order valence-electron chi connectivity index (χ3n) is 3.54. The van der Waals surface area contributed by atoms with Gasteiger partial charge in [0.05, 0.1) is 12.0 Å². The number of hydrogen-bond donors (Lipinski definition) is 1. The zero-order chi connectivity index (χ0) is 18.5. The van der Waals surface area contributed by atoms with Gasteiger partial charge < -0.3 is 9.73 Å². The molecular formula is C18H17BrN4O2S. The van der Waals surface area contributed by atoms with Crippen molar-refractivity contribution in [3.63, 3.8) is 0 Å². The summed E-state index contributed by atoms with van der Waals surface area (Å²) in [6.07, 6.45) is 3.34. The van der Waals surface area contributed by atoms with E-state index in [0.29, 0.717) is 23.3 Å². The molecule has 0 aliphatic heterocycles. The van der Waals surface area contributed by atoms with Crippen LogP contribution < -0.4 is 5.32 Å². The lowest BCUT2D eigenvalue weighted by atomic mass is 10.2. The number of hydrogen-bond acceptors (Lipinski definition) is 5. The molecule has 0 fully saturated rings. The van der Waals surface area contributed by atoms with Gasteiger partial charge in [-0.05, 0) is 42.8 Å². The molecule has 2 heterocycles. The molecule has 3 rings (SSSR count). The summed E-state index contributed by atoms with van der Waals surface area (Å²) in [6, 6.07) is 9.30. The summed E-state index contributed by atoms with van der Waals surface area (Å²) in [7, 11) is 0. The molecule has 1 amide bonds. The summed E-state index contributed by atoms with van der Waals surface area (Å²) in [5.74, 6) is 1.36. The normalized spacial score (nSPS) is 10.7. The van der Waals surface area contributed by atoms with Gasteiger partial charge in [0, 0.05) is 16.7 Å². The van der Waals surface area contributed by atoms with Crippen LogP contribution in [0.2, 0.25) is 0 Å². The fourth-order valence-corrected chi connectivity index (χ4v) is 3.32. The quantitative estimate of drug-likeness (QED) is 0.438. The molecule has 0 aliphatic carbocycles. The highest BCUT2D eigenvalue weighted by Crippen LogP contribution is 2.25. The van der Waals surface area contributed by atoms with Crippen molar-refractivity contribution in [3.8, 4) is 11.6 Å². The van der Waals surface area contributed by atoms with E-state index in [0.717, 1.165) is 15.7 Å². The summed E-state index contributed by atoms with van der Waals surface area (Å²) < 4.78 is 8.27. The van der Waals surface area contributed by atoms with E-state index < -0.39 is 0 Å². The number of aryl methyl sites for hydroxylation is 1. The van der Waals surface area contributed by atoms with Crippen molar-refractivity contribution in [2.24, 2.45) is 0 Å². The Hall–Kier alpha value is -2.32. The Morgan fingerprint density at radius 2 is 2.27 bits per heavy atom. The molecule has 1 aromatic carbocycles. The van der Waals surface area contributed by atoms with E-state index >= 15 is 0 Å². The maximum absolute atomic E-state index is 12.2. The highest BCUT2D eigenvalue weighted by Gasteiger charge is 2.16. The van der Waals surface area contributed by atoms with Crippen molar-refractivity contribution >= 4 is 39.3 Å². The van der Waals surface area contributed by atoms with Crippen LogP contribution in [0.3, 0.4) is 0 Å². The molecule has 0 spiro atoms. The van der Waals surface area contributed by atoms with Gasteiger partial charge in [-0.15, -0.1) is 16.8 Å². The van der Waals surface area contributed by atoms with E-state index in [1.807, 2.05) is 35.8 Å². The number of furan rings is 1. The van der Waals surface area contributed by atoms with Crippen molar-refractivity contribution < 1.29 is 9.21 Å². The number of amides is 1. The highest BCUT2D eigenvalue weighted by atomic mass is 79.9. The van der Waals surface area contributed by atoms with Gasteiger partial charge in [0.2, 0.25) is 11.7 Å². The summed E-state index contributed by atoms with van der Waals surface area (Å²) in [6.45, 7) is 6.27. The minimum absolute atomic E-state index is 0.107. The zero-order valence-corrected chi connectivity index (χ0v) is 16.5. The lowest BCUT2D eigenvalue weighted by molar-refractivity contribution is -0.113. The number of halogens is 1. The van der Waals surface area contributed by atoms with Crippen molar-refractivity contribution in [3.05, 3.63) is 59.3 Å². The number of rotatable bonds is 7. The van der Waals surface area contributed by atoms with Gasteiger partial charge in [0.1, 0.15) is 0 Å². The molecule has 26 heavy (non-hydrogen) atoms. The average molecular weight is 433 g/mol. The zero-order valence-electron chi connectivity index (χ0n) is 14.1. The maximum atomic E-state index is 12.2. The fraction of sp³-hybridized carbons (Fsp3) is 0.167. The molecule has 0 aliphatic rings. The number of thioether (sulfide) groups is 1. The first-order valence-corrected chi connectivity index (χ1v) is 9.63. The minimum Gasteiger partial charge on any atom is -0.461 e. The summed E-state index contributed by atoms with van der Waals surface area (Å²) in [4.78, 5) is 12.2. The number of nitrogens with one attached hydrogen (secondary N) is 1. The number of benzene rings is 1. The molecule has 3 aromatic rings. The van der Waals surface area contributed by atoms with Crippen LogP contribution in [0.25, 0.3) is 11.6 Å². The van der Waals surface area contributed by atoms with Gasteiger partial charge in [-0.1, -0.05) is 33.8 Å². The Labute approximate surface area is 163 Å². The van der Waals surface area contributed by atoms with Crippen molar-refractivity contribution in [2.45, 2.75) is 18.6 Å². The SMILES string of the molecule is C=CCn1c(SCC(=O)Nc2ccc(Br)c(C)c2)nnc1-c1ccco1. The molecule has 134 valence electrons. The van der Waals surface area contributed by atoms with Crippen LogP contribution in [-0.2, 0) is 11.3 Å². The Morgan fingerprint density at radius 3 is 2.96 bits per heavy atom. The molecule has 0 unspecified atom stereocenters. The number of anilines is 1. The monoisotopic (exact) mass is 432 g/mol. The first-order valence-electron chi connectivity index (χ1n) is 7.85. The van der Waals surface area contributed by atoms with Crippen molar-refractivity contribution in [1.29, 1.82) is 0 Å². The molecule has 0 saturated heterocycles. The van der Waals surface area contributed by atoms with Crippen LogP contribution in [-0.4, -0.2) is 26.4 Å². The van der Waals surface area contributed by atoms with Gasteiger partial charge in [-0.25, -0.2) is 0 Å². The van der Waals surface area contributed by atoms with Crippen molar-refractivity contribution in [2.75, 3.05) is 11.1 Å². The standard InChI is InChI=1S/C18H17BrN4O2S/c1-3-8-23-17(15-5-4-9-25-15)21-22-18(23)26-11-16(24)20-13-6-7-14(19)12(2)10-13/h3-7,9-10H,1,8,11H2,2H3,(H,20,24). The first kappa shape index (κ1) is 18.5. The van der Waals surface area contributed by atoms with Crippen LogP contribution in [0.5, 0.6) is 0 Å². The lowest BCUT2D eigenvalue weighted by Gasteiger charge is -2.08. The van der Waals surface area contributed by atoms with E-state index in [4.69, 9.17) is 4.42 Å². The van der Waals surface area contributed by atoms with Gasteiger partial charge in [0.25, 0.3) is 0 Å². The minimum atomic E-state index is -0.107. The molecular weight excluding hydrogens is 416 g/mol. The van der Waals surface area contributed by atoms with Crippen LogP contribution >= 0.6 is 27.7 Å². The third kappa shape index (κ3) is 4.25. The van der Waals surface area contributed by atoms with Gasteiger partial charge in [-0.2, -0.15) is 0 Å². The molecule has 1 N–H and O–H groups in total. The van der Waals surface area contributed by atoms with E-state index in [-0.39, 0.29) is 11.7 Å². The van der Waals surface area contributed by atoms with Crippen LogP contribution in [0, 0.1) is 6.92 Å². The number of aromatic nitrogens is 3. The molecule has 2 aromatic heterocycles. The number of nitrogens with zero attached hydrogens (tertiary/aromatic N) is 3. The van der Waals surface area contributed by atoms with Crippen LogP contribution in [0.15, 0.2) is 63.3 Å². The largest absolute Gasteiger partial charge is 0.461 e. The Bertz CT molecular complexity index is 921. The molecule has 8 heteroatoms. The fourth-order valence-electron chi connectivity index (χ4n) is 2.33. The summed E-state index contributed by atoms with van der Waals surface area (Å²) in [5.41, 5.74) is 1.82. The number of carbonyl (C=O) groups excluding carboxylic acids is 1. The van der Waals surface area contributed by atoms with E-state index in [1.54, 1.807) is 18.4 Å². The molecule has 0 radical (unpaired) electrons. The number of allylic oxidation sites excluding steroid dienone is 1. The topological polar surface area (TPSA) is 73.0 Å². The lowest BCUT2D eigenvalue weighted by Crippen LogP contribution is -2.14. The second-order valence-corrected chi connectivity index (χ2v) is 7.28. The predicted octanol–water partition coefficient (Wildman–Crippen LogP) is 4.53. The first-order chi connectivity index (χ1) is 12.6. The Balaban J connectivity index is 1.68. The third-order valence-corrected chi connectivity index (χ3v) is 5.40. The Morgan fingerprint density at radius 1 is 1.42 bits per heavy atom. The van der Waals surface area contributed by atoms with E-state index in [2.05, 4.69) is 38.0 Å². The molecule has 0 saturated carbocycles. The maximum Gasteiger partial charge on any atom is 0.234 e. The van der Waals surface area contributed by atoms with Crippen LogP contribution in [0.4, 0.5) is 5.69 Å². The van der Waals surface area contributed by atoms with Gasteiger partial charge in [0.15, 0.2) is 10.9 Å². The summed E-state index contributed by atoms with van der Waals surface area (Å²) >= 11 is 4.77. The van der Waals surface area contributed by atoms with Crippen LogP contribution in [0.1, 0.15) is 5.56 Å². The van der Waals surface area contributed by atoms with Gasteiger partial charge in [-0.3, -0.25) is 9.36 Å². The number of carbonyl (C=O) groups is 1. The van der Waals surface area contributed by atoms with E-state index in [1.165, 1.54) is 11.8 Å². The van der Waals surface area contributed by atoms with E-state index in [9.17, 15) is 4.79 Å². The van der Waals surface area contributed by atoms with Gasteiger partial charge >= 0.3 is 0 Å². The Kier molecular flexibility index (Phi) is 5.95.